The zero-order chi connectivity index (χ0) is 20.4. The quantitative estimate of drug-likeness (QED) is 0.531. The van der Waals surface area contributed by atoms with E-state index in [1.807, 2.05) is 42.5 Å². The molecule has 5 nitrogen and oxygen atoms in total. The number of amides is 3. The fourth-order valence-electron chi connectivity index (χ4n) is 3.03. The van der Waals surface area contributed by atoms with Crippen LogP contribution in [0, 0.1) is 0 Å². The lowest BCUT2D eigenvalue weighted by Crippen LogP contribution is -2.36. The van der Waals surface area contributed by atoms with Gasteiger partial charge in [-0.05, 0) is 58.4 Å². The average molecular weight is 467 g/mol. The number of nitrogens with zero attached hydrogens (tertiary/aromatic N) is 1. The fraction of sp³-hybridized carbons (Fsp3) is 0.0455. The molecule has 4 rings (SSSR count). The molecule has 144 valence electrons. The summed E-state index contributed by atoms with van der Waals surface area (Å²) in [6.45, 7) is -0.326. The van der Waals surface area contributed by atoms with Gasteiger partial charge in [0.15, 0.2) is 0 Å². The van der Waals surface area contributed by atoms with Gasteiger partial charge in [0.2, 0.25) is 5.91 Å². The summed E-state index contributed by atoms with van der Waals surface area (Å²) in [6, 6.07) is 20.7. The van der Waals surface area contributed by atoms with E-state index in [0.29, 0.717) is 10.6 Å². The lowest BCUT2D eigenvalue weighted by Gasteiger charge is -2.12. The van der Waals surface area contributed by atoms with Crippen LogP contribution >= 0.6 is 27.7 Å². The minimum absolute atomic E-state index is 0.308. The molecule has 0 atom stereocenters. The lowest BCUT2D eigenvalue weighted by atomic mass is 10.0. The van der Waals surface area contributed by atoms with Gasteiger partial charge in [-0.1, -0.05) is 58.4 Å². The summed E-state index contributed by atoms with van der Waals surface area (Å²) < 4.78 is 0.889. The van der Waals surface area contributed by atoms with Crippen molar-refractivity contribution in [2.24, 2.45) is 0 Å². The van der Waals surface area contributed by atoms with Crippen LogP contribution in [-0.4, -0.2) is 28.5 Å². The summed E-state index contributed by atoms with van der Waals surface area (Å²) in [5.74, 6) is -0.889. The largest absolute Gasteiger partial charge is 0.325 e. The van der Waals surface area contributed by atoms with E-state index in [2.05, 4.69) is 21.2 Å². The predicted molar refractivity (Wildman–Crippen MR) is 119 cm³/mol. The van der Waals surface area contributed by atoms with Crippen LogP contribution in [0.3, 0.4) is 0 Å². The van der Waals surface area contributed by atoms with Gasteiger partial charge in [-0.25, -0.2) is 0 Å². The lowest BCUT2D eigenvalue weighted by molar-refractivity contribution is -0.127. The molecule has 3 aromatic rings. The molecule has 0 aromatic heterocycles. The Morgan fingerprint density at radius 3 is 2.52 bits per heavy atom. The number of rotatable bonds is 4. The predicted octanol–water partition coefficient (Wildman–Crippen LogP) is 5.28. The minimum Gasteiger partial charge on any atom is -0.325 e. The molecule has 0 spiro atoms. The van der Waals surface area contributed by atoms with E-state index >= 15 is 0 Å². The molecule has 0 aliphatic carbocycles. The van der Waals surface area contributed by atoms with Gasteiger partial charge < -0.3 is 5.32 Å². The second kappa shape index (κ2) is 8.23. The van der Waals surface area contributed by atoms with E-state index in [1.165, 1.54) is 0 Å². The molecule has 0 bridgehead atoms. The van der Waals surface area contributed by atoms with Crippen LogP contribution in [0.2, 0.25) is 0 Å². The van der Waals surface area contributed by atoms with Crippen molar-refractivity contribution in [2.45, 2.75) is 0 Å². The molecule has 29 heavy (non-hydrogen) atoms. The molecule has 0 saturated carbocycles. The Labute approximate surface area is 179 Å². The first-order valence-corrected chi connectivity index (χ1v) is 10.4. The number of anilines is 1. The number of halogens is 1. The van der Waals surface area contributed by atoms with Crippen LogP contribution in [0.15, 0.2) is 76.1 Å². The SMILES string of the molecule is O=C(CN1C(=O)S/C(=C/c2cccc3ccccc23)C1=O)Nc1ccc(Br)cc1. The van der Waals surface area contributed by atoms with Crippen molar-refractivity contribution in [2.75, 3.05) is 11.9 Å². The van der Waals surface area contributed by atoms with Gasteiger partial charge in [-0.15, -0.1) is 0 Å². The van der Waals surface area contributed by atoms with Crippen molar-refractivity contribution in [3.8, 4) is 0 Å². The van der Waals surface area contributed by atoms with Crippen molar-refractivity contribution < 1.29 is 14.4 Å². The Hall–Kier alpha value is -2.90. The van der Waals surface area contributed by atoms with Crippen molar-refractivity contribution >= 4 is 67.3 Å². The number of nitrogens with one attached hydrogen (secondary N) is 1. The van der Waals surface area contributed by atoms with Crippen LogP contribution in [0.1, 0.15) is 5.56 Å². The van der Waals surface area contributed by atoms with E-state index in [1.54, 1.807) is 30.3 Å². The zero-order valence-corrected chi connectivity index (χ0v) is 17.5. The molecule has 1 aliphatic heterocycles. The van der Waals surface area contributed by atoms with Crippen molar-refractivity contribution in [1.82, 2.24) is 4.90 Å². The first kappa shape index (κ1) is 19.4. The van der Waals surface area contributed by atoms with Crippen molar-refractivity contribution in [1.29, 1.82) is 0 Å². The fourth-order valence-corrected chi connectivity index (χ4v) is 4.12. The van der Waals surface area contributed by atoms with Crippen LogP contribution in [0.25, 0.3) is 16.8 Å². The third kappa shape index (κ3) is 4.26. The first-order chi connectivity index (χ1) is 14.0. The smallest absolute Gasteiger partial charge is 0.294 e. The molecule has 3 amide bonds. The first-order valence-electron chi connectivity index (χ1n) is 8.80. The molecular weight excluding hydrogens is 452 g/mol. The van der Waals surface area contributed by atoms with Crippen molar-refractivity contribution in [3.63, 3.8) is 0 Å². The van der Waals surface area contributed by atoms with E-state index in [-0.39, 0.29) is 6.54 Å². The number of carbonyl (C=O) groups is 3. The van der Waals surface area contributed by atoms with Gasteiger partial charge >= 0.3 is 0 Å². The standard InChI is InChI=1S/C22H15BrN2O3S/c23-16-8-10-17(11-9-16)24-20(26)13-25-21(27)19(29-22(25)28)12-15-6-3-5-14-4-1-2-7-18(14)15/h1-12H,13H2,(H,24,26)/b19-12+. The second-order valence-corrected chi connectivity index (χ2v) is 8.30. The Morgan fingerprint density at radius 1 is 1.00 bits per heavy atom. The number of carbonyl (C=O) groups excluding carboxylic acids is 3. The molecular formula is C22H15BrN2O3S. The van der Waals surface area contributed by atoms with Gasteiger partial charge in [0.25, 0.3) is 11.1 Å². The normalized spacial score (nSPS) is 15.3. The molecule has 7 heteroatoms. The summed E-state index contributed by atoms with van der Waals surface area (Å²) in [5.41, 5.74) is 1.45. The molecule has 1 heterocycles. The summed E-state index contributed by atoms with van der Waals surface area (Å²) in [4.78, 5) is 38.6. The maximum Gasteiger partial charge on any atom is 0.294 e. The number of hydrogen-bond acceptors (Lipinski definition) is 4. The minimum atomic E-state index is -0.459. The Bertz CT molecular complexity index is 1150. The number of benzene rings is 3. The van der Waals surface area contributed by atoms with Crippen LogP contribution in [0.5, 0.6) is 0 Å². The Morgan fingerprint density at radius 2 is 1.72 bits per heavy atom. The molecule has 1 N–H and O–H groups in total. The van der Waals surface area contributed by atoms with Crippen LogP contribution in [0.4, 0.5) is 10.5 Å². The Balaban J connectivity index is 1.52. The van der Waals surface area contributed by atoms with Gasteiger partial charge in [-0.3, -0.25) is 19.3 Å². The molecule has 3 aromatic carbocycles. The third-order valence-electron chi connectivity index (χ3n) is 4.41. The number of imide groups is 1. The topological polar surface area (TPSA) is 66.5 Å². The Kier molecular flexibility index (Phi) is 5.51. The average Bonchev–Trinajstić information content (AvgIpc) is 2.97. The molecule has 0 radical (unpaired) electrons. The third-order valence-corrected chi connectivity index (χ3v) is 5.85. The van der Waals surface area contributed by atoms with E-state index in [9.17, 15) is 14.4 Å². The van der Waals surface area contributed by atoms with Gasteiger partial charge in [-0.2, -0.15) is 0 Å². The zero-order valence-electron chi connectivity index (χ0n) is 15.1. The molecule has 0 unspecified atom stereocenters. The second-order valence-electron chi connectivity index (χ2n) is 6.39. The number of hydrogen-bond donors (Lipinski definition) is 1. The number of fused-ring (bicyclic) bond motifs is 1. The summed E-state index contributed by atoms with van der Waals surface area (Å²) >= 11 is 4.18. The maximum absolute atomic E-state index is 12.7. The van der Waals surface area contributed by atoms with Crippen LogP contribution < -0.4 is 5.32 Å². The maximum atomic E-state index is 12.7. The van der Waals surface area contributed by atoms with Gasteiger partial charge in [0.1, 0.15) is 6.54 Å². The van der Waals surface area contributed by atoms with E-state index < -0.39 is 17.1 Å². The number of thioether (sulfide) groups is 1. The highest BCUT2D eigenvalue weighted by atomic mass is 79.9. The van der Waals surface area contributed by atoms with Crippen LogP contribution in [-0.2, 0) is 9.59 Å². The summed E-state index contributed by atoms with van der Waals surface area (Å²) in [6.07, 6.45) is 1.71. The molecule has 1 fully saturated rings. The highest BCUT2D eigenvalue weighted by Gasteiger charge is 2.36. The molecule has 1 saturated heterocycles. The summed E-state index contributed by atoms with van der Waals surface area (Å²) in [7, 11) is 0. The van der Waals surface area contributed by atoms with E-state index in [4.69, 9.17) is 0 Å². The van der Waals surface area contributed by atoms with E-state index in [0.717, 1.165) is 37.5 Å². The highest BCUT2D eigenvalue weighted by Crippen LogP contribution is 2.33. The highest BCUT2D eigenvalue weighted by molar-refractivity contribution is 9.10. The van der Waals surface area contributed by atoms with Crippen molar-refractivity contribution in [3.05, 3.63) is 81.7 Å². The monoisotopic (exact) mass is 466 g/mol. The summed E-state index contributed by atoms with van der Waals surface area (Å²) in [5, 5.41) is 4.29. The van der Waals surface area contributed by atoms with Gasteiger partial charge in [0.05, 0.1) is 4.91 Å². The molecule has 1 aliphatic rings. The van der Waals surface area contributed by atoms with Gasteiger partial charge in [0, 0.05) is 10.2 Å².